The van der Waals surface area contributed by atoms with Crippen molar-refractivity contribution in [3.05, 3.63) is 76.2 Å². The van der Waals surface area contributed by atoms with E-state index in [0.29, 0.717) is 29.2 Å². The van der Waals surface area contributed by atoms with E-state index in [0.717, 1.165) is 24.9 Å². The number of ether oxygens (including phenoxy) is 1. The summed E-state index contributed by atoms with van der Waals surface area (Å²) in [7, 11) is 0. The molecule has 5 nitrogen and oxygen atoms in total. The molecule has 3 rings (SSSR count). The molecule has 0 unspecified atom stereocenters. The largest absolute Gasteiger partial charge is 0.491 e. The van der Waals surface area contributed by atoms with E-state index in [-0.39, 0.29) is 11.7 Å². The number of Topliss-reactive ketones (excluding diaryl/α,β-unsaturated/α-hetero) is 1. The van der Waals surface area contributed by atoms with Crippen LogP contribution in [0.3, 0.4) is 0 Å². The van der Waals surface area contributed by atoms with Crippen molar-refractivity contribution in [2.45, 2.75) is 110 Å². The van der Waals surface area contributed by atoms with Crippen LogP contribution in [0.2, 0.25) is 0 Å². The zero-order valence-corrected chi connectivity index (χ0v) is 26.0. The quantitative estimate of drug-likeness (QED) is 0.0779. The van der Waals surface area contributed by atoms with Crippen LogP contribution in [0.4, 0.5) is 5.69 Å². The van der Waals surface area contributed by atoms with Crippen LogP contribution in [0.25, 0.3) is 0 Å². The zero-order chi connectivity index (χ0) is 29.1. The molecule has 0 fully saturated rings. The van der Waals surface area contributed by atoms with Gasteiger partial charge in [-0.15, -0.1) is 0 Å². The topological polar surface area (TPSA) is 59.3 Å². The maximum Gasteiger partial charge on any atom is 0.255 e. The van der Waals surface area contributed by atoms with Gasteiger partial charge in [0, 0.05) is 11.1 Å². The molecule has 222 valence electrons. The van der Waals surface area contributed by atoms with Gasteiger partial charge in [-0.1, -0.05) is 120 Å². The maximum absolute atomic E-state index is 13.0. The minimum atomic E-state index is -0.221. The number of carbonyl (C=O) groups excluding carboxylic acids is 2. The summed E-state index contributed by atoms with van der Waals surface area (Å²) >= 11 is 1.65. The van der Waals surface area contributed by atoms with Gasteiger partial charge in [0.1, 0.15) is 0 Å². The van der Waals surface area contributed by atoms with Crippen LogP contribution in [0.1, 0.15) is 130 Å². The number of ketones is 1. The third kappa shape index (κ3) is 12.2. The summed E-state index contributed by atoms with van der Waals surface area (Å²) < 4.78 is 8.22. The number of hydrogen-bond donors (Lipinski definition) is 1. The Balaban J connectivity index is 1.38. The van der Waals surface area contributed by atoms with Crippen LogP contribution in [-0.2, 0) is 6.54 Å². The molecule has 0 saturated heterocycles. The lowest BCUT2D eigenvalue weighted by molar-refractivity contribution is -0.683. The van der Waals surface area contributed by atoms with Crippen molar-refractivity contribution in [1.82, 2.24) is 0 Å². The predicted molar refractivity (Wildman–Crippen MR) is 170 cm³/mol. The van der Waals surface area contributed by atoms with Gasteiger partial charge in [-0.3, -0.25) is 9.59 Å². The number of anilines is 1. The van der Waals surface area contributed by atoms with Gasteiger partial charge in [0.25, 0.3) is 5.91 Å². The van der Waals surface area contributed by atoms with E-state index in [1.165, 1.54) is 84.0 Å². The average molecular weight is 578 g/mol. The molecule has 41 heavy (non-hydrogen) atoms. The molecule has 1 heterocycles. The third-order valence-corrected chi connectivity index (χ3v) is 8.17. The number of para-hydroxylation sites is 1. The number of aromatic nitrogens is 1. The molecule has 0 aliphatic rings. The van der Waals surface area contributed by atoms with Crippen LogP contribution in [-0.4, -0.2) is 18.3 Å². The van der Waals surface area contributed by atoms with E-state index >= 15 is 0 Å². The van der Waals surface area contributed by atoms with E-state index < -0.39 is 0 Å². The first-order valence-corrected chi connectivity index (χ1v) is 16.6. The number of thiazole rings is 1. The Kier molecular flexibility index (Phi) is 15.2. The normalized spacial score (nSPS) is 11.0. The summed E-state index contributed by atoms with van der Waals surface area (Å²) in [4.78, 5) is 25.3. The standard InChI is InChI=1S/C35H48N2O3S/c1-3-4-5-6-7-8-9-10-11-12-13-14-15-16-25-40-34-32(29(2)38)18-17-19-33(34)36-35(39)31-22-20-30(21-23-31)27-37-24-26-41-28-37/h17-24,26,28H,3-16,25,27H2,1-2H3/p+1. The van der Waals surface area contributed by atoms with Gasteiger partial charge >= 0.3 is 0 Å². The molecular formula is C35H49N2O3S+. The Morgan fingerprint density at radius 3 is 1.98 bits per heavy atom. The van der Waals surface area contributed by atoms with E-state index in [1.807, 2.05) is 35.8 Å². The van der Waals surface area contributed by atoms with Crippen LogP contribution < -0.4 is 14.6 Å². The molecule has 0 saturated carbocycles. The minimum Gasteiger partial charge on any atom is -0.491 e. The van der Waals surface area contributed by atoms with E-state index in [4.69, 9.17) is 4.74 Å². The van der Waals surface area contributed by atoms with Gasteiger partial charge in [-0.05, 0) is 37.6 Å². The molecule has 0 radical (unpaired) electrons. The molecule has 0 aliphatic heterocycles. The van der Waals surface area contributed by atoms with Gasteiger partial charge in [-0.25, -0.2) is 0 Å². The van der Waals surface area contributed by atoms with Crippen LogP contribution in [0.5, 0.6) is 5.75 Å². The number of carbonyl (C=O) groups is 2. The number of benzene rings is 2. The Labute approximate surface area is 251 Å². The molecule has 1 aromatic heterocycles. The van der Waals surface area contributed by atoms with Crippen LogP contribution in [0.15, 0.2) is 59.6 Å². The maximum atomic E-state index is 13.0. The van der Waals surface area contributed by atoms with Gasteiger partial charge in [0.15, 0.2) is 24.3 Å². The van der Waals surface area contributed by atoms with E-state index in [2.05, 4.69) is 22.3 Å². The molecule has 0 spiro atoms. The summed E-state index contributed by atoms with van der Waals surface area (Å²) in [5, 5.41) is 5.01. The van der Waals surface area contributed by atoms with Crippen molar-refractivity contribution >= 4 is 28.7 Å². The minimum absolute atomic E-state index is 0.0765. The number of amides is 1. The van der Waals surface area contributed by atoms with Crippen molar-refractivity contribution in [3.8, 4) is 5.75 Å². The predicted octanol–water partition coefficient (Wildman–Crippen LogP) is 9.40. The lowest BCUT2D eigenvalue weighted by Crippen LogP contribution is -2.30. The first kappa shape index (κ1) is 32.5. The Hall–Kier alpha value is -2.99. The SMILES string of the molecule is CCCCCCCCCCCCCCCCOc1c(NC(=O)c2ccc(C[n+]3ccsc3)cc2)cccc1C(C)=O. The molecule has 0 atom stereocenters. The molecule has 0 aliphatic carbocycles. The van der Waals surface area contributed by atoms with Gasteiger partial charge in [0.05, 0.1) is 23.2 Å². The summed E-state index contributed by atoms with van der Waals surface area (Å²) in [5.41, 5.74) is 4.78. The number of rotatable bonds is 21. The third-order valence-electron chi connectivity index (χ3n) is 7.50. The molecule has 1 amide bonds. The second-order valence-electron chi connectivity index (χ2n) is 11.0. The molecule has 2 aromatic carbocycles. The Bertz CT molecular complexity index is 1160. The Morgan fingerprint density at radius 2 is 1.41 bits per heavy atom. The average Bonchev–Trinajstić information content (AvgIpc) is 3.49. The van der Waals surface area contributed by atoms with E-state index in [1.54, 1.807) is 29.5 Å². The van der Waals surface area contributed by atoms with E-state index in [9.17, 15) is 9.59 Å². The highest BCUT2D eigenvalue weighted by Gasteiger charge is 2.16. The number of hydrogen-bond acceptors (Lipinski definition) is 4. The van der Waals surface area contributed by atoms with Crippen molar-refractivity contribution < 1.29 is 18.9 Å². The fraction of sp³-hybridized carbons (Fsp3) is 0.514. The number of nitrogens with one attached hydrogen (secondary N) is 1. The Morgan fingerprint density at radius 1 is 0.805 bits per heavy atom. The first-order valence-electron chi connectivity index (χ1n) is 15.7. The van der Waals surface area contributed by atoms with Gasteiger partial charge in [0.2, 0.25) is 5.51 Å². The second-order valence-corrected chi connectivity index (χ2v) is 11.8. The first-order chi connectivity index (χ1) is 20.1. The summed E-state index contributed by atoms with van der Waals surface area (Å²) in [6.45, 7) is 5.10. The smallest absolute Gasteiger partial charge is 0.255 e. The second kappa shape index (κ2) is 19.2. The van der Waals surface area contributed by atoms with Crippen LogP contribution >= 0.6 is 11.3 Å². The van der Waals surface area contributed by atoms with Crippen molar-refractivity contribution in [2.75, 3.05) is 11.9 Å². The summed E-state index contributed by atoms with van der Waals surface area (Å²) in [5.74, 6) is 0.169. The molecular weight excluding hydrogens is 528 g/mol. The number of unbranched alkanes of at least 4 members (excludes halogenated alkanes) is 13. The molecule has 6 heteroatoms. The summed E-state index contributed by atoms with van der Waals surface area (Å²) in [6, 6.07) is 13.0. The highest BCUT2D eigenvalue weighted by atomic mass is 32.1. The van der Waals surface area contributed by atoms with Crippen molar-refractivity contribution in [2.24, 2.45) is 0 Å². The van der Waals surface area contributed by atoms with Crippen LogP contribution in [0, 0.1) is 0 Å². The zero-order valence-electron chi connectivity index (χ0n) is 25.2. The fourth-order valence-corrected chi connectivity index (χ4v) is 5.66. The highest BCUT2D eigenvalue weighted by molar-refractivity contribution is 7.07. The van der Waals surface area contributed by atoms with Crippen molar-refractivity contribution in [3.63, 3.8) is 0 Å². The lowest BCUT2D eigenvalue weighted by atomic mass is 10.0. The summed E-state index contributed by atoms with van der Waals surface area (Å²) in [6.07, 6.45) is 20.3. The van der Waals surface area contributed by atoms with Gasteiger partial charge in [-0.2, -0.15) is 4.57 Å². The highest BCUT2D eigenvalue weighted by Crippen LogP contribution is 2.30. The lowest BCUT2D eigenvalue weighted by Gasteiger charge is -2.15. The van der Waals surface area contributed by atoms with Crippen molar-refractivity contribution in [1.29, 1.82) is 0 Å². The molecule has 0 bridgehead atoms. The molecule has 1 N–H and O–H groups in total. The number of nitrogens with zero attached hydrogens (tertiary/aromatic N) is 1. The monoisotopic (exact) mass is 577 g/mol. The fourth-order valence-electron chi connectivity index (χ4n) is 5.06. The van der Waals surface area contributed by atoms with Gasteiger partial charge < -0.3 is 10.1 Å². The molecule has 3 aromatic rings.